The lowest BCUT2D eigenvalue weighted by Crippen LogP contribution is -1.98. The van der Waals surface area contributed by atoms with E-state index in [0.29, 0.717) is 5.56 Å². The molecule has 2 heteroatoms. The molecule has 18 heavy (non-hydrogen) atoms. The number of carbonyl (C=O) groups is 1. The van der Waals surface area contributed by atoms with Gasteiger partial charge in [0, 0.05) is 0 Å². The summed E-state index contributed by atoms with van der Waals surface area (Å²) in [5.41, 5.74) is 2.02. The molecule has 0 saturated heterocycles. The molecule has 2 nitrogen and oxygen atoms in total. The Hall–Kier alpha value is -2.35. The molecule has 0 aliphatic rings. The molecule has 0 aromatic heterocycles. The highest BCUT2D eigenvalue weighted by atomic mass is 16.4. The Labute approximate surface area is 107 Å². The smallest absolute Gasteiger partial charge is 0.336 e. The molecule has 0 aliphatic carbocycles. The van der Waals surface area contributed by atoms with Crippen LogP contribution in [-0.2, 0) is 0 Å². The van der Waals surface area contributed by atoms with Crippen molar-refractivity contribution >= 4 is 5.97 Å². The molecule has 2 aromatic rings. The molecule has 0 bridgehead atoms. The lowest BCUT2D eigenvalue weighted by molar-refractivity contribution is 0.0697. The molecule has 2 aromatic carbocycles. The average molecular weight is 240 g/mol. The Balaban J connectivity index is 0.000000492. The van der Waals surface area contributed by atoms with E-state index in [1.54, 1.807) is 18.2 Å². The van der Waals surface area contributed by atoms with Crippen LogP contribution in [0.4, 0.5) is 0 Å². The summed E-state index contributed by atoms with van der Waals surface area (Å²) in [6.45, 7) is 5.25. The number of hydrogen-bond acceptors (Lipinski definition) is 1. The van der Waals surface area contributed by atoms with Crippen LogP contribution in [-0.4, -0.2) is 11.1 Å². The maximum atomic E-state index is 11.0. The van der Waals surface area contributed by atoms with E-state index >= 15 is 0 Å². The Kier molecular flexibility index (Phi) is 5.39. The maximum absolute atomic E-state index is 11.0. The topological polar surface area (TPSA) is 37.3 Å². The van der Waals surface area contributed by atoms with Crippen molar-refractivity contribution in [3.8, 4) is 11.1 Å². The fourth-order valence-electron chi connectivity index (χ4n) is 1.54. The van der Waals surface area contributed by atoms with Crippen LogP contribution in [0.2, 0.25) is 0 Å². The van der Waals surface area contributed by atoms with Gasteiger partial charge in [-0.05, 0) is 24.1 Å². The summed E-state index contributed by atoms with van der Waals surface area (Å²) in [6.07, 6.45) is 1.75. The summed E-state index contributed by atoms with van der Waals surface area (Å²) in [6, 6.07) is 16.5. The second-order valence-electron chi connectivity index (χ2n) is 3.63. The van der Waals surface area contributed by atoms with Crippen LogP contribution in [0.25, 0.3) is 11.1 Å². The first-order chi connectivity index (χ1) is 8.70. The fourth-order valence-corrected chi connectivity index (χ4v) is 1.54. The van der Waals surface area contributed by atoms with Crippen LogP contribution in [0.5, 0.6) is 0 Å². The Bertz CT molecular complexity index is 516. The molecule has 0 heterocycles. The van der Waals surface area contributed by atoms with E-state index < -0.39 is 5.97 Å². The first kappa shape index (κ1) is 13.7. The third-order valence-corrected chi connectivity index (χ3v) is 2.24. The van der Waals surface area contributed by atoms with Crippen LogP contribution >= 0.6 is 0 Å². The predicted molar refractivity (Wildman–Crippen MR) is 74.7 cm³/mol. The third kappa shape index (κ3) is 3.59. The highest BCUT2D eigenvalue weighted by Gasteiger charge is 2.09. The molecule has 0 aliphatic heterocycles. The zero-order valence-corrected chi connectivity index (χ0v) is 10.3. The van der Waals surface area contributed by atoms with Crippen molar-refractivity contribution in [3.63, 3.8) is 0 Å². The van der Waals surface area contributed by atoms with Gasteiger partial charge in [0.25, 0.3) is 0 Å². The van der Waals surface area contributed by atoms with Crippen molar-refractivity contribution in [2.24, 2.45) is 0 Å². The van der Waals surface area contributed by atoms with Crippen molar-refractivity contribution < 1.29 is 9.90 Å². The minimum Gasteiger partial charge on any atom is -0.478 e. The number of rotatable bonds is 2. The van der Waals surface area contributed by atoms with Crippen molar-refractivity contribution in [1.82, 2.24) is 0 Å². The van der Waals surface area contributed by atoms with Gasteiger partial charge in [-0.15, -0.1) is 6.58 Å². The summed E-state index contributed by atoms with van der Waals surface area (Å²) in [4.78, 5) is 11.0. The number of benzene rings is 2. The van der Waals surface area contributed by atoms with Crippen LogP contribution in [0.15, 0.2) is 67.3 Å². The van der Waals surface area contributed by atoms with Gasteiger partial charge in [0.05, 0.1) is 5.56 Å². The van der Waals surface area contributed by atoms with Gasteiger partial charge >= 0.3 is 5.97 Å². The quantitative estimate of drug-likeness (QED) is 0.797. The number of carboxylic acid groups (broad SMARTS) is 1. The van der Waals surface area contributed by atoms with E-state index in [1.807, 2.05) is 49.4 Å². The van der Waals surface area contributed by atoms with E-state index in [2.05, 4.69) is 6.58 Å². The maximum Gasteiger partial charge on any atom is 0.336 e. The van der Waals surface area contributed by atoms with Crippen molar-refractivity contribution in [2.45, 2.75) is 6.92 Å². The SMILES string of the molecule is C=CC.O=C(O)c1ccccc1-c1ccccc1. The molecule has 2 rings (SSSR count). The Morgan fingerprint density at radius 3 is 2.11 bits per heavy atom. The number of hydrogen-bond donors (Lipinski definition) is 1. The van der Waals surface area contributed by atoms with Crippen molar-refractivity contribution in [3.05, 3.63) is 72.8 Å². The normalized spacial score (nSPS) is 8.94. The van der Waals surface area contributed by atoms with E-state index in [-0.39, 0.29) is 0 Å². The van der Waals surface area contributed by atoms with Gasteiger partial charge in [-0.2, -0.15) is 0 Å². The summed E-state index contributed by atoms with van der Waals surface area (Å²) in [5.74, 6) is -0.894. The third-order valence-electron chi connectivity index (χ3n) is 2.24. The van der Waals surface area contributed by atoms with Crippen LogP contribution in [0.1, 0.15) is 17.3 Å². The first-order valence-electron chi connectivity index (χ1n) is 5.65. The minimum absolute atomic E-state index is 0.337. The van der Waals surface area contributed by atoms with Crippen LogP contribution in [0.3, 0.4) is 0 Å². The number of allylic oxidation sites excluding steroid dienone is 1. The minimum atomic E-state index is -0.894. The summed E-state index contributed by atoms with van der Waals surface area (Å²) in [5, 5.41) is 9.03. The van der Waals surface area contributed by atoms with E-state index in [9.17, 15) is 4.79 Å². The van der Waals surface area contributed by atoms with Gasteiger partial charge in [-0.25, -0.2) is 4.79 Å². The second-order valence-corrected chi connectivity index (χ2v) is 3.63. The molecule has 0 amide bonds. The fraction of sp³-hybridized carbons (Fsp3) is 0.0625. The highest BCUT2D eigenvalue weighted by molar-refractivity contribution is 5.95. The largest absolute Gasteiger partial charge is 0.478 e. The Morgan fingerprint density at radius 2 is 1.56 bits per heavy atom. The van der Waals surface area contributed by atoms with E-state index in [0.717, 1.165) is 11.1 Å². The molecule has 0 spiro atoms. The lowest BCUT2D eigenvalue weighted by atomic mass is 10.00. The molecule has 0 saturated carbocycles. The van der Waals surface area contributed by atoms with E-state index in [4.69, 9.17) is 5.11 Å². The van der Waals surface area contributed by atoms with E-state index in [1.165, 1.54) is 0 Å². The zero-order valence-electron chi connectivity index (χ0n) is 10.3. The highest BCUT2D eigenvalue weighted by Crippen LogP contribution is 2.22. The summed E-state index contributed by atoms with van der Waals surface area (Å²) >= 11 is 0. The van der Waals surface area contributed by atoms with Gasteiger partial charge < -0.3 is 5.11 Å². The van der Waals surface area contributed by atoms with Crippen LogP contribution < -0.4 is 0 Å². The molecule has 0 radical (unpaired) electrons. The molecular weight excluding hydrogens is 224 g/mol. The monoisotopic (exact) mass is 240 g/mol. The first-order valence-corrected chi connectivity index (χ1v) is 5.65. The Morgan fingerprint density at radius 1 is 1.06 bits per heavy atom. The predicted octanol–water partition coefficient (Wildman–Crippen LogP) is 4.24. The standard InChI is InChI=1S/C13H10O2.C3H6/c14-13(15)12-9-5-4-8-11(12)10-6-2-1-3-7-10;1-3-2/h1-9H,(H,14,15);3H,1H2,2H3. The molecule has 0 unspecified atom stereocenters. The van der Waals surface area contributed by atoms with Crippen molar-refractivity contribution in [2.75, 3.05) is 0 Å². The molecule has 92 valence electrons. The number of carboxylic acids is 1. The van der Waals surface area contributed by atoms with Crippen molar-refractivity contribution in [1.29, 1.82) is 0 Å². The van der Waals surface area contributed by atoms with Gasteiger partial charge in [0.2, 0.25) is 0 Å². The van der Waals surface area contributed by atoms with Gasteiger partial charge in [0.15, 0.2) is 0 Å². The number of aromatic carboxylic acids is 1. The molecule has 1 N–H and O–H groups in total. The van der Waals surface area contributed by atoms with Gasteiger partial charge in [-0.3, -0.25) is 0 Å². The molecular formula is C16H16O2. The second kappa shape index (κ2) is 7.07. The zero-order chi connectivity index (χ0) is 13.4. The lowest BCUT2D eigenvalue weighted by Gasteiger charge is -2.05. The van der Waals surface area contributed by atoms with Crippen LogP contribution in [0, 0.1) is 0 Å². The van der Waals surface area contributed by atoms with Gasteiger partial charge in [0.1, 0.15) is 0 Å². The molecule has 0 atom stereocenters. The summed E-state index contributed by atoms with van der Waals surface area (Å²) < 4.78 is 0. The molecule has 0 fully saturated rings. The van der Waals surface area contributed by atoms with Gasteiger partial charge in [-0.1, -0.05) is 54.6 Å². The summed E-state index contributed by atoms with van der Waals surface area (Å²) in [7, 11) is 0. The average Bonchev–Trinajstić information content (AvgIpc) is 2.40.